The van der Waals surface area contributed by atoms with E-state index in [1.807, 2.05) is 0 Å². The highest BCUT2D eigenvalue weighted by Gasteiger charge is 2.16. The number of rotatable bonds is 3. The Morgan fingerprint density at radius 3 is 3.00 bits per heavy atom. The predicted octanol–water partition coefficient (Wildman–Crippen LogP) is 0.906. The van der Waals surface area contributed by atoms with Gasteiger partial charge in [-0.1, -0.05) is 0 Å². The van der Waals surface area contributed by atoms with E-state index in [2.05, 4.69) is 20.1 Å². The van der Waals surface area contributed by atoms with Crippen LogP contribution in [0.4, 0.5) is 0 Å². The number of carbonyl (C=O) groups is 1. The van der Waals surface area contributed by atoms with Crippen LogP contribution >= 0.6 is 0 Å². The Morgan fingerprint density at radius 1 is 1.39 bits per heavy atom. The summed E-state index contributed by atoms with van der Waals surface area (Å²) < 4.78 is 1.41. The van der Waals surface area contributed by atoms with Crippen LogP contribution in [0, 0.1) is 0 Å². The average molecular weight is 243 g/mol. The number of aromatic nitrogens is 5. The van der Waals surface area contributed by atoms with E-state index in [-0.39, 0.29) is 6.54 Å². The van der Waals surface area contributed by atoms with Crippen molar-refractivity contribution in [1.29, 1.82) is 0 Å². The molecule has 7 nitrogen and oxygen atoms in total. The summed E-state index contributed by atoms with van der Waals surface area (Å²) in [6.07, 6.45) is 4.93. The van der Waals surface area contributed by atoms with E-state index in [9.17, 15) is 4.79 Å². The lowest BCUT2D eigenvalue weighted by molar-refractivity contribution is -0.137. The van der Waals surface area contributed by atoms with Crippen LogP contribution in [-0.4, -0.2) is 35.8 Å². The molecule has 0 amide bonds. The molecule has 3 aromatic rings. The summed E-state index contributed by atoms with van der Waals surface area (Å²) in [5.41, 5.74) is 1.86. The average Bonchev–Trinajstić information content (AvgIpc) is 2.96. The molecule has 0 aliphatic rings. The molecular formula is C11H9N5O2. The molecule has 7 heteroatoms. The molecule has 0 atom stereocenters. The van der Waals surface area contributed by atoms with Gasteiger partial charge in [0.15, 0.2) is 11.5 Å². The number of imidazole rings is 1. The molecule has 0 aromatic carbocycles. The molecule has 3 aromatic heterocycles. The van der Waals surface area contributed by atoms with Gasteiger partial charge < -0.3 is 10.1 Å². The summed E-state index contributed by atoms with van der Waals surface area (Å²) in [5, 5.41) is 13.1. The molecule has 0 fully saturated rings. The van der Waals surface area contributed by atoms with Crippen molar-refractivity contribution in [2.24, 2.45) is 0 Å². The highest BCUT2D eigenvalue weighted by molar-refractivity contribution is 5.88. The van der Waals surface area contributed by atoms with E-state index in [0.29, 0.717) is 22.6 Å². The van der Waals surface area contributed by atoms with Gasteiger partial charge in [0.1, 0.15) is 12.1 Å². The van der Waals surface area contributed by atoms with E-state index in [0.717, 1.165) is 0 Å². The number of hydrogen-bond donors (Lipinski definition) is 2. The second-order valence-electron chi connectivity index (χ2n) is 3.71. The van der Waals surface area contributed by atoms with Gasteiger partial charge in [0.25, 0.3) is 0 Å². The maximum absolute atomic E-state index is 10.8. The van der Waals surface area contributed by atoms with Gasteiger partial charge in [-0.05, 0) is 12.1 Å². The molecule has 0 saturated carbocycles. The van der Waals surface area contributed by atoms with E-state index in [1.54, 1.807) is 30.7 Å². The largest absolute Gasteiger partial charge is 0.480 e. The lowest BCUT2D eigenvalue weighted by Crippen LogP contribution is -2.09. The van der Waals surface area contributed by atoms with Crippen molar-refractivity contribution < 1.29 is 9.90 Å². The molecule has 0 aliphatic heterocycles. The first-order valence-corrected chi connectivity index (χ1v) is 5.29. The van der Waals surface area contributed by atoms with Crippen LogP contribution in [-0.2, 0) is 11.3 Å². The Hall–Kier alpha value is -2.70. The second-order valence-corrected chi connectivity index (χ2v) is 3.71. The Balaban J connectivity index is 2.24. The standard InChI is InChI=1S/C11H9N5O2/c17-8(18)6-16-7-2-1-3-12-9(7)10(15-16)11-13-4-5-14-11/h1-5H,6H2,(H,13,14)(H,17,18). The Bertz CT molecular complexity index is 701. The first kappa shape index (κ1) is 10.5. The SMILES string of the molecule is O=C(O)Cn1nc(-c2ncc[nH]2)c2ncccc21. The third-order valence-electron chi connectivity index (χ3n) is 2.52. The maximum atomic E-state index is 10.8. The van der Waals surface area contributed by atoms with E-state index in [4.69, 9.17) is 5.11 Å². The van der Waals surface area contributed by atoms with Crippen molar-refractivity contribution in [3.8, 4) is 11.5 Å². The number of carboxylic acid groups (broad SMARTS) is 1. The summed E-state index contributed by atoms with van der Waals surface area (Å²) >= 11 is 0. The fourth-order valence-electron chi connectivity index (χ4n) is 1.81. The third-order valence-corrected chi connectivity index (χ3v) is 2.52. The van der Waals surface area contributed by atoms with Crippen molar-refractivity contribution in [2.45, 2.75) is 6.54 Å². The minimum Gasteiger partial charge on any atom is -0.480 e. The van der Waals surface area contributed by atoms with Crippen LogP contribution in [0.15, 0.2) is 30.7 Å². The molecule has 0 bridgehead atoms. The van der Waals surface area contributed by atoms with Crippen molar-refractivity contribution >= 4 is 17.0 Å². The number of H-pyrrole nitrogens is 1. The van der Waals surface area contributed by atoms with Crippen LogP contribution in [0.2, 0.25) is 0 Å². The van der Waals surface area contributed by atoms with Crippen molar-refractivity contribution in [3.05, 3.63) is 30.7 Å². The lowest BCUT2D eigenvalue weighted by Gasteiger charge is -1.96. The zero-order valence-electron chi connectivity index (χ0n) is 9.24. The lowest BCUT2D eigenvalue weighted by atomic mass is 10.3. The maximum Gasteiger partial charge on any atom is 0.325 e. The molecule has 3 heterocycles. The first-order valence-electron chi connectivity index (χ1n) is 5.29. The zero-order chi connectivity index (χ0) is 12.5. The molecule has 3 rings (SSSR count). The Kier molecular flexibility index (Phi) is 2.30. The topological polar surface area (TPSA) is 96.7 Å². The van der Waals surface area contributed by atoms with Crippen LogP contribution in [0.3, 0.4) is 0 Å². The normalized spacial score (nSPS) is 10.9. The number of nitrogens with one attached hydrogen (secondary N) is 1. The molecule has 18 heavy (non-hydrogen) atoms. The van der Waals surface area contributed by atoms with Gasteiger partial charge in [0.05, 0.1) is 5.52 Å². The van der Waals surface area contributed by atoms with Gasteiger partial charge >= 0.3 is 5.97 Å². The molecule has 0 spiro atoms. The number of hydrogen-bond acceptors (Lipinski definition) is 4. The molecule has 90 valence electrons. The number of aliphatic carboxylic acids is 1. The quantitative estimate of drug-likeness (QED) is 0.712. The summed E-state index contributed by atoms with van der Waals surface area (Å²) in [6, 6.07) is 3.53. The highest BCUT2D eigenvalue weighted by Crippen LogP contribution is 2.23. The third kappa shape index (κ3) is 1.61. The van der Waals surface area contributed by atoms with Gasteiger partial charge in [-0.3, -0.25) is 14.5 Å². The number of fused-ring (bicyclic) bond motifs is 1. The van der Waals surface area contributed by atoms with Gasteiger partial charge in [-0.2, -0.15) is 5.10 Å². The number of aromatic amines is 1. The number of pyridine rings is 1. The summed E-state index contributed by atoms with van der Waals surface area (Å²) in [7, 11) is 0. The summed E-state index contributed by atoms with van der Waals surface area (Å²) in [5.74, 6) is -0.378. The molecule has 0 radical (unpaired) electrons. The summed E-state index contributed by atoms with van der Waals surface area (Å²) in [6.45, 7) is -0.205. The van der Waals surface area contributed by atoms with Gasteiger partial charge in [-0.15, -0.1) is 0 Å². The molecule has 2 N–H and O–H groups in total. The van der Waals surface area contributed by atoms with Crippen LogP contribution in [0.25, 0.3) is 22.6 Å². The zero-order valence-corrected chi connectivity index (χ0v) is 9.24. The van der Waals surface area contributed by atoms with Crippen molar-refractivity contribution in [2.75, 3.05) is 0 Å². The van der Waals surface area contributed by atoms with Crippen LogP contribution in [0.5, 0.6) is 0 Å². The first-order chi connectivity index (χ1) is 8.75. The van der Waals surface area contributed by atoms with E-state index < -0.39 is 5.97 Å². The summed E-state index contributed by atoms with van der Waals surface area (Å²) in [4.78, 5) is 22.1. The minimum atomic E-state index is -0.950. The number of carboxylic acids is 1. The van der Waals surface area contributed by atoms with Gasteiger partial charge in [-0.25, -0.2) is 4.98 Å². The van der Waals surface area contributed by atoms with Gasteiger partial charge in [0, 0.05) is 18.6 Å². The highest BCUT2D eigenvalue weighted by atomic mass is 16.4. The fraction of sp³-hybridized carbons (Fsp3) is 0.0909. The number of nitrogens with zero attached hydrogens (tertiary/aromatic N) is 4. The second kappa shape index (κ2) is 3.95. The van der Waals surface area contributed by atoms with Crippen molar-refractivity contribution in [3.63, 3.8) is 0 Å². The monoisotopic (exact) mass is 243 g/mol. The molecule has 0 saturated heterocycles. The Labute approximate surface area is 101 Å². The van der Waals surface area contributed by atoms with E-state index >= 15 is 0 Å². The smallest absolute Gasteiger partial charge is 0.325 e. The van der Waals surface area contributed by atoms with E-state index in [1.165, 1.54) is 4.68 Å². The Morgan fingerprint density at radius 2 is 2.28 bits per heavy atom. The van der Waals surface area contributed by atoms with Crippen LogP contribution in [0.1, 0.15) is 0 Å². The molecular weight excluding hydrogens is 234 g/mol. The van der Waals surface area contributed by atoms with Crippen LogP contribution < -0.4 is 0 Å². The minimum absolute atomic E-state index is 0.205. The molecule has 0 aliphatic carbocycles. The van der Waals surface area contributed by atoms with Crippen molar-refractivity contribution in [1.82, 2.24) is 24.7 Å². The predicted molar refractivity (Wildman–Crippen MR) is 62.7 cm³/mol. The van der Waals surface area contributed by atoms with Gasteiger partial charge in [0.2, 0.25) is 0 Å². The molecule has 0 unspecified atom stereocenters. The fourth-order valence-corrected chi connectivity index (χ4v) is 1.81.